The van der Waals surface area contributed by atoms with Crippen LogP contribution in [0, 0.1) is 6.92 Å². The van der Waals surface area contributed by atoms with E-state index in [0.717, 1.165) is 26.5 Å². The number of nitrogens with zero attached hydrogens (tertiary/aromatic N) is 1. The van der Waals surface area contributed by atoms with E-state index < -0.39 is 5.97 Å². The maximum absolute atomic E-state index is 13.6. The summed E-state index contributed by atoms with van der Waals surface area (Å²) in [6, 6.07) is 23.0. The molecule has 0 fully saturated rings. The van der Waals surface area contributed by atoms with Gasteiger partial charge in [0.25, 0.3) is 5.91 Å². The van der Waals surface area contributed by atoms with Gasteiger partial charge in [-0.2, -0.15) is 0 Å². The number of amides is 1. The third-order valence-corrected chi connectivity index (χ3v) is 7.12. The quantitative estimate of drug-likeness (QED) is 0.189. The molecule has 1 heterocycles. The fraction of sp³-hybridized carbons (Fsp3) is 0.207. The molecule has 3 aromatic carbocycles. The minimum absolute atomic E-state index is 0.0243. The van der Waals surface area contributed by atoms with E-state index in [9.17, 15) is 14.7 Å². The van der Waals surface area contributed by atoms with Crippen molar-refractivity contribution >= 4 is 56.1 Å². The van der Waals surface area contributed by atoms with E-state index in [-0.39, 0.29) is 24.8 Å². The Morgan fingerprint density at radius 1 is 1.05 bits per heavy atom. The first-order chi connectivity index (χ1) is 17.8. The van der Waals surface area contributed by atoms with Gasteiger partial charge in [0, 0.05) is 45.9 Å². The van der Waals surface area contributed by atoms with Crippen LogP contribution in [0.25, 0.3) is 10.9 Å². The van der Waals surface area contributed by atoms with Crippen LogP contribution in [0.3, 0.4) is 0 Å². The topological polar surface area (TPSA) is 91.3 Å². The molecule has 0 aliphatic carbocycles. The van der Waals surface area contributed by atoms with Crippen molar-refractivity contribution in [3.63, 3.8) is 0 Å². The van der Waals surface area contributed by atoms with Crippen molar-refractivity contribution in [3.8, 4) is 0 Å². The number of nitrogens with one attached hydrogen (secondary N) is 2. The highest BCUT2D eigenvalue weighted by Crippen LogP contribution is 2.30. The zero-order chi connectivity index (χ0) is 26.4. The van der Waals surface area contributed by atoms with E-state index >= 15 is 0 Å². The van der Waals surface area contributed by atoms with Crippen molar-refractivity contribution in [1.82, 2.24) is 10.3 Å². The molecule has 3 N–H and O–H groups in total. The predicted octanol–water partition coefficient (Wildman–Crippen LogP) is 6.95. The van der Waals surface area contributed by atoms with E-state index in [1.165, 1.54) is 0 Å². The van der Waals surface area contributed by atoms with Crippen molar-refractivity contribution in [3.05, 3.63) is 105 Å². The van der Waals surface area contributed by atoms with E-state index in [4.69, 9.17) is 16.6 Å². The molecule has 1 atom stereocenters. The van der Waals surface area contributed by atoms with E-state index in [2.05, 4.69) is 26.6 Å². The minimum Gasteiger partial charge on any atom is -0.481 e. The van der Waals surface area contributed by atoms with Crippen LogP contribution in [0.4, 0.5) is 5.82 Å². The fourth-order valence-corrected chi connectivity index (χ4v) is 5.00. The summed E-state index contributed by atoms with van der Waals surface area (Å²) in [5.74, 6) is -0.751. The first-order valence-electron chi connectivity index (χ1n) is 12.0. The van der Waals surface area contributed by atoms with Crippen molar-refractivity contribution in [2.24, 2.45) is 0 Å². The fourth-order valence-electron chi connectivity index (χ4n) is 4.35. The largest absolute Gasteiger partial charge is 0.481 e. The van der Waals surface area contributed by atoms with Gasteiger partial charge in [0.05, 0.1) is 11.1 Å². The average molecular weight is 581 g/mol. The van der Waals surface area contributed by atoms with E-state index in [1.54, 1.807) is 6.07 Å². The second kappa shape index (κ2) is 12.2. The Kier molecular flexibility index (Phi) is 8.79. The normalized spacial score (nSPS) is 11.8. The number of rotatable bonds is 10. The zero-order valence-corrected chi connectivity index (χ0v) is 22.6. The molecule has 0 spiro atoms. The van der Waals surface area contributed by atoms with Crippen molar-refractivity contribution in [1.29, 1.82) is 0 Å². The SMILES string of the molecule is Cc1c(NCc2ccccc2)nc2ccc(Br)cc2c1C(=O)NCC(CCC(=O)O)c1ccccc1Cl. The Morgan fingerprint density at radius 3 is 2.51 bits per heavy atom. The second-order valence-electron chi connectivity index (χ2n) is 8.82. The summed E-state index contributed by atoms with van der Waals surface area (Å²) in [5.41, 5.74) is 3.88. The first-order valence-corrected chi connectivity index (χ1v) is 13.1. The van der Waals surface area contributed by atoms with Gasteiger partial charge in [-0.1, -0.05) is 76.1 Å². The highest BCUT2D eigenvalue weighted by molar-refractivity contribution is 9.10. The molecule has 8 heteroatoms. The molecule has 4 aromatic rings. The lowest BCUT2D eigenvalue weighted by molar-refractivity contribution is -0.137. The molecule has 190 valence electrons. The van der Waals surface area contributed by atoms with Gasteiger partial charge in [0.1, 0.15) is 5.82 Å². The van der Waals surface area contributed by atoms with Gasteiger partial charge in [-0.25, -0.2) is 4.98 Å². The molecule has 0 aliphatic heterocycles. The molecule has 0 aliphatic rings. The molecule has 0 bridgehead atoms. The van der Waals surface area contributed by atoms with Gasteiger partial charge in [-0.05, 0) is 48.7 Å². The Bertz CT molecular complexity index is 1430. The van der Waals surface area contributed by atoms with Crippen molar-refractivity contribution in [2.45, 2.75) is 32.2 Å². The number of hydrogen-bond donors (Lipinski definition) is 3. The summed E-state index contributed by atoms with van der Waals surface area (Å²) < 4.78 is 0.843. The van der Waals surface area contributed by atoms with Gasteiger partial charge < -0.3 is 15.7 Å². The third-order valence-electron chi connectivity index (χ3n) is 6.28. The molecule has 0 saturated heterocycles. The summed E-state index contributed by atoms with van der Waals surface area (Å²) in [5, 5.41) is 16.9. The Balaban J connectivity index is 1.64. The van der Waals surface area contributed by atoms with Gasteiger partial charge in [0.15, 0.2) is 0 Å². The number of carbonyl (C=O) groups excluding carboxylic acids is 1. The number of anilines is 1. The second-order valence-corrected chi connectivity index (χ2v) is 10.1. The molecule has 6 nitrogen and oxygen atoms in total. The summed E-state index contributed by atoms with van der Waals surface area (Å²) in [6.45, 7) is 2.70. The Labute approximate surface area is 229 Å². The Hall–Kier alpha value is -3.42. The average Bonchev–Trinajstić information content (AvgIpc) is 2.88. The first kappa shape index (κ1) is 26.6. The maximum atomic E-state index is 13.6. The van der Waals surface area contributed by atoms with Crippen molar-refractivity contribution < 1.29 is 14.7 Å². The molecule has 1 unspecified atom stereocenters. The molecular formula is C29H27BrClN3O3. The minimum atomic E-state index is -0.890. The smallest absolute Gasteiger partial charge is 0.303 e. The molecule has 1 aromatic heterocycles. The predicted molar refractivity (Wildman–Crippen MR) is 151 cm³/mol. The van der Waals surface area contributed by atoms with Crippen LogP contribution in [-0.2, 0) is 11.3 Å². The lowest BCUT2D eigenvalue weighted by atomic mass is 9.93. The molecule has 1 amide bonds. The number of benzene rings is 3. The molecule has 37 heavy (non-hydrogen) atoms. The number of aromatic nitrogens is 1. The van der Waals surface area contributed by atoms with Crippen LogP contribution in [0.5, 0.6) is 0 Å². The molecule has 0 radical (unpaired) electrons. The number of aliphatic carboxylic acids is 1. The van der Waals surface area contributed by atoms with Crippen LogP contribution in [0.15, 0.2) is 77.3 Å². The summed E-state index contributed by atoms with van der Waals surface area (Å²) in [4.78, 5) is 29.7. The monoisotopic (exact) mass is 579 g/mol. The maximum Gasteiger partial charge on any atom is 0.303 e. The van der Waals surface area contributed by atoms with Gasteiger partial charge >= 0.3 is 5.97 Å². The zero-order valence-electron chi connectivity index (χ0n) is 20.3. The van der Waals surface area contributed by atoms with Crippen molar-refractivity contribution in [2.75, 3.05) is 11.9 Å². The number of pyridine rings is 1. The number of halogens is 2. The van der Waals surface area contributed by atoms with Crippen LogP contribution < -0.4 is 10.6 Å². The van der Waals surface area contributed by atoms with E-state index in [1.807, 2.05) is 73.7 Å². The number of carboxylic acid groups (broad SMARTS) is 1. The van der Waals surface area contributed by atoms with Gasteiger partial charge in [-0.3, -0.25) is 9.59 Å². The Morgan fingerprint density at radius 2 is 1.78 bits per heavy atom. The standard InChI is InChI=1S/C29H27BrClN3O3/c1-18-27(29(37)33-17-20(11-14-26(35)36)22-9-5-6-10-24(22)31)23-15-21(30)12-13-25(23)34-28(18)32-16-19-7-3-2-4-8-19/h2-10,12-13,15,20H,11,14,16-17H2,1H3,(H,32,34)(H,33,37)(H,35,36). The number of hydrogen-bond acceptors (Lipinski definition) is 4. The van der Waals surface area contributed by atoms with Gasteiger partial charge in [-0.15, -0.1) is 0 Å². The molecule has 4 rings (SSSR count). The third kappa shape index (κ3) is 6.67. The van der Waals surface area contributed by atoms with Crippen LogP contribution in [-0.4, -0.2) is 28.5 Å². The lowest BCUT2D eigenvalue weighted by Crippen LogP contribution is -2.30. The summed E-state index contributed by atoms with van der Waals surface area (Å²) >= 11 is 9.92. The van der Waals surface area contributed by atoms with Crippen LogP contribution >= 0.6 is 27.5 Å². The summed E-state index contributed by atoms with van der Waals surface area (Å²) in [6.07, 6.45) is 0.328. The van der Waals surface area contributed by atoms with Crippen LogP contribution in [0.2, 0.25) is 5.02 Å². The number of fused-ring (bicyclic) bond motifs is 1. The highest BCUT2D eigenvalue weighted by atomic mass is 79.9. The molecule has 0 saturated carbocycles. The highest BCUT2D eigenvalue weighted by Gasteiger charge is 2.21. The van der Waals surface area contributed by atoms with E-state index in [0.29, 0.717) is 34.9 Å². The molecular weight excluding hydrogens is 554 g/mol. The lowest BCUT2D eigenvalue weighted by Gasteiger charge is -2.20. The van der Waals surface area contributed by atoms with Gasteiger partial charge in [0.2, 0.25) is 0 Å². The number of carbonyl (C=O) groups is 2. The summed E-state index contributed by atoms with van der Waals surface area (Å²) in [7, 11) is 0. The number of carboxylic acids is 1. The van der Waals surface area contributed by atoms with Crippen LogP contribution in [0.1, 0.15) is 45.8 Å².